The molecule has 16 heavy (non-hydrogen) atoms. The lowest BCUT2D eigenvalue weighted by molar-refractivity contribution is 0.102. The van der Waals surface area contributed by atoms with Gasteiger partial charge in [0.05, 0.1) is 4.88 Å². The smallest absolute Gasteiger partial charge is 0.171 e. The number of nitrogens with zero attached hydrogens (tertiary/aromatic N) is 1. The fraction of sp³-hybridized carbons (Fsp3) is 0.167. The molecule has 1 aromatic heterocycles. The fourth-order valence-electron chi connectivity index (χ4n) is 1.39. The third kappa shape index (κ3) is 2.02. The predicted molar refractivity (Wildman–Crippen MR) is 62.2 cm³/mol. The molecular weight excluding hydrogens is 225 g/mol. The van der Waals surface area contributed by atoms with Crippen LogP contribution in [0.25, 0.3) is 10.6 Å². The van der Waals surface area contributed by atoms with Crippen molar-refractivity contribution in [2.45, 2.75) is 13.8 Å². The molecule has 1 heterocycles. The second-order valence-corrected chi connectivity index (χ2v) is 4.58. The molecule has 0 aliphatic rings. The Labute approximate surface area is 96.8 Å². The van der Waals surface area contributed by atoms with Gasteiger partial charge in [-0.2, -0.15) is 0 Å². The quantitative estimate of drug-likeness (QED) is 0.746. The minimum Gasteiger partial charge on any atom is -0.294 e. The Hall–Kier alpha value is -1.55. The molecule has 0 bridgehead atoms. The van der Waals surface area contributed by atoms with Crippen molar-refractivity contribution in [1.29, 1.82) is 0 Å². The summed E-state index contributed by atoms with van der Waals surface area (Å²) in [5.41, 5.74) is 1.70. The lowest BCUT2D eigenvalue weighted by Crippen LogP contribution is -1.84. The molecule has 0 saturated carbocycles. The molecule has 82 valence electrons. The molecule has 1 aromatic carbocycles. The second-order valence-electron chi connectivity index (χ2n) is 3.55. The van der Waals surface area contributed by atoms with Gasteiger partial charge in [0.1, 0.15) is 10.8 Å². The molecule has 2 aromatic rings. The third-order valence-corrected chi connectivity index (χ3v) is 3.41. The number of rotatable bonds is 2. The topological polar surface area (TPSA) is 30.0 Å². The minimum atomic E-state index is -0.292. The van der Waals surface area contributed by atoms with E-state index in [-0.39, 0.29) is 11.6 Å². The normalized spacial score (nSPS) is 10.4. The van der Waals surface area contributed by atoms with E-state index >= 15 is 0 Å². The summed E-state index contributed by atoms with van der Waals surface area (Å²) in [6.07, 6.45) is 1.53. The van der Waals surface area contributed by atoms with Crippen LogP contribution in [-0.2, 0) is 0 Å². The molecule has 0 fully saturated rings. The Bertz CT molecular complexity index is 548. The van der Waals surface area contributed by atoms with Crippen LogP contribution in [-0.4, -0.2) is 10.8 Å². The Morgan fingerprint density at radius 3 is 2.81 bits per heavy atom. The highest BCUT2D eigenvalue weighted by molar-refractivity contribution is 7.16. The van der Waals surface area contributed by atoms with Crippen LogP contribution in [0, 0.1) is 12.7 Å². The number of halogens is 1. The first kappa shape index (κ1) is 11.0. The zero-order chi connectivity index (χ0) is 11.7. The Morgan fingerprint density at radius 2 is 2.19 bits per heavy atom. The van der Waals surface area contributed by atoms with Crippen molar-refractivity contribution in [3.8, 4) is 10.6 Å². The van der Waals surface area contributed by atoms with Gasteiger partial charge in [0, 0.05) is 18.7 Å². The number of hydrogen-bond donors (Lipinski definition) is 0. The molecule has 0 amide bonds. The third-order valence-electron chi connectivity index (χ3n) is 2.28. The summed E-state index contributed by atoms with van der Waals surface area (Å²) < 4.78 is 13.1. The first-order valence-electron chi connectivity index (χ1n) is 4.81. The largest absolute Gasteiger partial charge is 0.294 e. The summed E-state index contributed by atoms with van der Waals surface area (Å²) >= 11 is 1.29. The van der Waals surface area contributed by atoms with Crippen LogP contribution >= 0.6 is 11.3 Å². The average molecular weight is 235 g/mol. The monoisotopic (exact) mass is 235 g/mol. The van der Waals surface area contributed by atoms with E-state index in [1.807, 2.05) is 6.92 Å². The van der Waals surface area contributed by atoms with Crippen LogP contribution < -0.4 is 0 Å². The Kier molecular flexibility index (Phi) is 2.83. The SMILES string of the molecule is CC(=O)c1cnc(-c2cc(F)ccc2C)s1. The van der Waals surface area contributed by atoms with E-state index in [0.717, 1.165) is 11.1 Å². The number of carbonyl (C=O) groups excluding carboxylic acids is 1. The van der Waals surface area contributed by atoms with Crippen LogP contribution in [0.1, 0.15) is 22.2 Å². The summed E-state index contributed by atoms with van der Waals surface area (Å²) in [5.74, 6) is -0.307. The van der Waals surface area contributed by atoms with E-state index < -0.39 is 0 Å². The van der Waals surface area contributed by atoms with Crippen molar-refractivity contribution < 1.29 is 9.18 Å². The molecule has 0 spiro atoms. The summed E-state index contributed by atoms with van der Waals surface area (Å²) in [4.78, 5) is 15.9. The maximum atomic E-state index is 13.1. The molecule has 0 unspecified atom stereocenters. The van der Waals surface area contributed by atoms with Crippen LogP contribution in [0.5, 0.6) is 0 Å². The molecule has 0 N–H and O–H groups in total. The fourth-order valence-corrected chi connectivity index (χ4v) is 2.28. The highest BCUT2D eigenvalue weighted by Gasteiger charge is 2.10. The number of aryl methyl sites for hydroxylation is 1. The van der Waals surface area contributed by atoms with Gasteiger partial charge in [-0.1, -0.05) is 6.07 Å². The van der Waals surface area contributed by atoms with Gasteiger partial charge in [-0.05, 0) is 24.6 Å². The number of Topliss-reactive ketones (excluding diaryl/α,β-unsaturated/α-hetero) is 1. The van der Waals surface area contributed by atoms with E-state index in [1.165, 1.54) is 36.6 Å². The Balaban J connectivity index is 2.50. The lowest BCUT2D eigenvalue weighted by atomic mass is 10.1. The van der Waals surface area contributed by atoms with Crippen LogP contribution in [0.15, 0.2) is 24.4 Å². The van der Waals surface area contributed by atoms with Crippen molar-refractivity contribution in [3.63, 3.8) is 0 Å². The number of benzene rings is 1. The standard InChI is InChI=1S/C12H10FNOS/c1-7-3-4-9(13)5-10(7)12-14-6-11(16-12)8(2)15/h3-6H,1-2H3. The first-order valence-corrected chi connectivity index (χ1v) is 5.63. The highest BCUT2D eigenvalue weighted by Crippen LogP contribution is 2.28. The summed E-state index contributed by atoms with van der Waals surface area (Å²) in [7, 11) is 0. The first-order chi connectivity index (χ1) is 7.58. The van der Waals surface area contributed by atoms with Gasteiger partial charge in [0.25, 0.3) is 0 Å². The van der Waals surface area contributed by atoms with Gasteiger partial charge in [0.15, 0.2) is 5.78 Å². The van der Waals surface area contributed by atoms with Crippen LogP contribution in [0.2, 0.25) is 0 Å². The number of aromatic nitrogens is 1. The second kappa shape index (κ2) is 4.14. The molecule has 0 radical (unpaired) electrons. The van der Waals surface area contributed by atoms with Gasteiger partial charge >= 0.3 is 0 Å². The highest BCUT2D eigenvalue weighted by atomic mass is 32.1. The van der Waals surface area contributed by atoms with Crippen molar-refractivity contribution in [3.05, 3.63) is 40.7 Å². The average Bonchev–Trinajstić information content (AvgIpc) is 2.70. The van der Waals surface area contributed by atoms with E-state index in [4.69, 9.17) is 0 Å². The van der Waals surface area contributed by atoms with E-state index in [9.17, 15) is 9.18 Å². The van der Waals surface area contributed by atoms with Crippen molar-refractivity contribution in [1.82, 2.24) is 4.98 Å². The minimum absolute atomic E-state index is 0.0159. The molecular formula is C12H10FNOS. The van der Waals surface area contributed by atoms with Crippen molar-refractivity contribution in [2.75, 3.05) is 0 Å². The molecule has 2 rings (SSSR count). The number of carbonyl (C=O) groups is 1. The zero-order valence-electron chi connectivity index (χ0n) is 8.95. The molecule has 0 aliphatic carbocycles. The van der Waals surface area contributed by atoms with Gasteiger partial charge in [0.2, 0.25) is 0 Å². The summed E-state index contributed by atoms with van der Waals surface area (Å²) in [6.45, 7) is 3.39. The van der Waals surface area contributed by atoms with E-state index in [2.05, 4.69) is 4.98 Å². The van der Waals surface area contributed by atoms with E-state index in [0.29, 0.717) is 9.88 Å². The van der Waals surface area contributed by atoms with Gasteiger partial charge < -0.3 is 0 Å². The van der Waals surface area contributed by atoms with Gasteiger partial charge in [-0.25, -0.2) is 9.37 Å². The van der Waals surface area contributed by atoms with Crippen molar-refractivity contribution in [2.24, 2.45) is 0 Å². The van der Waals surface area contributed by atoms with Gasteiger partial charge in [-0.3, -0.25) is 4.79 Å². The molecule has 2 nitrogen and oxygen atoms in total. The number of hydrogen-bond acceptors (Lipinski definition) is 3. The molecule has 0 saturated heterocycles. The van der Waals surface area contributed by atoms with E-state index in [1.54, 1.807) is 6.07 Å². The van der Waals surface area contributed by atoms with Crippen molar-refractivity contribution >= 4 is 17.1 Å². The summed E-state index contributed by atoms with van der Waals surface area (Å²) in [5, 5.41) is 0.683. The van der Waals surface area contributed by atoms with Gasteiger partial charge in [-0.15, -0.1) is 11.3 Å². The Morgan fingerprint density at radius 1 is 1.44 bits per heavy atom. The van der Waals surface area contributed by atoms with Crippen LogP contribution in [0.3, 0.4) is 0 Å². The number of thiazole rings is 1. The van der Waals surface area contributed by atoms with Crippen LogP contribution in [0.4, 0.5) is 4.39 Å². The molecule has 0 aliphatic heterocycles. The molecule has 0 atom stereocenters. The zero-order valence-corrected chi connectivity index (χ0v) is 9.77. The number of ketones is 1. The predicted octanol–water partition coefficient (Wildman–Crippen LogP) is 3.46. The maximum Gasteiger partial charge on any atom is 0.171 e. The maximum absolute atomic E-state index is 13.1. The molecule has 4 heteroatoms. The lowest BCUT2D eigenvalue weighted by Gasteiger charge is -2.01. The summed E-state index contributed by atoms with van der Waals surface area (Å²) in [6, 6.07) is 4.57.